The first-order valence-corrected chi connectivity index (χ1v) is 9.40. The summed E-state index contributed by atoms with van der Waals surface area (Å²) < 4.78 is 5.27. The Morgan fingerprint density at radius 2 is 1.79 bits per heavy atom. The van der Waals surface area contributed by atoms with Crippen molar-refractivity contribution in [2.75, 3.05) is 12.0 Å². The van der Waals surface area contributed by atoms with Gasteiger partial charge in [0, 0.05) is 0 Å². The quantitative estimate of drug-likeness (QED) is 0.520. The number of carbonyl (C=O) groups is 1. The van der Waals surface area contributed by atoms with Gasteiger partial charge in [0.25, 0.3) is 5.91 Å². The predicted molar refractivity (Wildman–Crippen MR) is 118 cm³/mol. The molecule has 5 heteroatoms. The van der Waals surface area contributed by atoms with E-state index in [4.69, 9.17) is 17.0 Å². The van der Waals surface area contributed by atoms with Gasteiger partial charge in [-0.15, -0.1) is 0 Å². The number of hydrogen-bond donors (Lipinski definition) is 1. The molecule has 3 aromatic rings. The summed E-state index contributed by atoms with van der Waals surface area (Å²) in [7, 11) is 1.65. The van der Waals surface area contributed by atoms with E-state index in [1.807, 2.05) is 74.5 Å². The lowest BCUT2D eigenvalue weighted by Gasteiger charge is -2.17. The van der Waals surface area contributed by atoms with Crippen LogP contribution in [0.2, 0.25) is 0 Å². The van der Waals surface area contributed by atoms with Crippen LogP contribution in [-0.2, 0) is 4.79 Å². The number of amides is 1. The van der Waals surface area contributed by atoms with Gasteiger partial charge in [-0.1, -0.05) is 30.3 Å². The molecular weight excluding hydrogens is 368 g/mol. The summed E-state index contributed by atoms with van der Waals surface area (Å²) in [5.74, 6) is 0.675. The number of fused-ring (bicyclic) bond motifs is 1. The number of carbonyl (C=O) groups excluding carboxylic acids is 1. The maximum Gasteiger partial charge on any atom is 0.281 e. The van der Waals surface area contributed by atoms with Crippen LogP contribution in [0.25, 0.3) is 16.8 Å². The summed E-state index contributed by atoms with van der Waals surface area (Å²) >= 11 is 5.44. The van der Waals surface area contributed by atoms with Crippen LogP contribution >= 0.6 is 12.2 Å². The Labute approximate surface area is 169 Å². The number of thiocarbonyl (C=S) groups is 1. The molecule has 0 spiro atoms. The van der Waals surface area contributed by atoms with E-state index in [-0.39, 0.29) is 5.91 Å². The summed E-state index contributed by atoms with van der Waals surface area (Å²) in [5.41, 5.74) is 4.38. The Morgan fingerprint density at radius 3 is 2.57 bits per heavy atom. The molecule has 1 saturated heterocycles. The molecule has 4 rings (SSSR count). The molecule has 1 aliphatic rings. The van der Waals surface area contributed by atoms with E-state index in [1.54, 1.807) is 12.0 Å². The van der Waals surface area contributed by atoms with Gasteiger partial charge in [-0.3, -0.25) is 9.69 Å². The molecule has 0 bridgehead atoms. The predicted octanol–water partition coefficient (Wildman–Crippen LogP) is 4.73. The lowest BCUT2D eigenvalue weighted by atomic mass is 10.1. The van der Waals surface area contributed by atoms with Crippen LogP contribution in [0.4, 0.5) is 5.69 Å². The Kier molecular flexibility index (Phi) is 4.61. The van der Waals surface area contributed by atoms with Gasteiger partial charge in [0.15, 0.2) is 5.11 Å². The van der Waals surface area contributed by atoms with Crippen molar-refractivity contribution in [3.63, 3.8) is 0 Å². The molecule has 1 fully saturated rings. The highest BCUT2D eigenvalue weighted by Gasteiger charge is 2.32. The normalized spacial score (nSPS) is 15.4. The average Bonchev–Trinajstić information content (AvgIpc) is 2.97. The number of aryl methyl sites for hydroxylation is 1. The van der Waals surface area contributed by atoms with Crippen LogP contribution in [0.15, 0.2) is 60.3 Å². The highest BCUT2D eigenvalue weighted by atomic mass is 32.1. The van der Waals surface area contributed by atoms with Gasteiger partial charge >= 0.3 is 0 Å². The van der Waals surface area contributed by atoms with Crippen molar-refractivity contribution in [1.29, 1.82) is 0 Å². The van der Waals surface area contributed by atoms with E-state index in [9.17, 15) is 4.79 Å². The Bertz CT molecular complexity index is 1150. The van der Waals surface area contributed by atoms with E-state index in [2.05, 4.69) is 5.32 Å². The number of anilines is 1. The van der Waals surface area contributed by atoms with Crippen LogP contribution in [0.5, 0.6) is 5.75 Å². The third-order valence-electron chi connectivity index (χ3n) is 5.08. The van der Waals surface area contributed by atoms with Crippen molar-refractivity contribution < 1.29 is 9.53 Å². The first-order valence-electron chi connectivity index (χ1n) is 8.99. The van der Waals surface area contributed by atoms with Crippen molar-refractivity contribution in [2.24, 2.45) is 0 Å². The molecule has 1 N–H and O–H groups in total. The van der Waals surface area contributed by atoms with Gasteiger partial charge in [0.05, 0.1) is 12.8 Å². The Morgan fingerprint density at radius 1 is 1.04 bits per heavy atom. The van der Waals surface area contributed by atoms with Gasteiger partial charge in [-0.2, -0.15) is 0 Å². The second-order valence-corrected chi connectivity index (χ2v) is 7.21. The number of rotatable bonds is 3. The molecule has 0 atom stereocenters. The van der Waals surface area contributed by atoms with Gasteiger partial charge in [-0.05, 0) is 83.9 Å². The zero-order valence-electron chi connectivity index (χ0n) is 15.9. The zero-order chi connectivity index (χ0) is 19.8. The van der Waals surface area contributed by atoms with Crippen LogP contribution in [0, 0.1) is 13.8 Å². The fourth-order valence-corrected chi connectivity index (χ4v) is 3.65. The van der Waals surface area contributed by atoms with Gasteiger partial charge in [0.1, 0.15) is 11.4 Å². The highest BCUT2D eigenvalue weighted by Crippen LogP contribution is 2.28. The van der Waals surface area contributed by atoms with Crippen molar-refractivity contribution in [3.8, 4) is 5.75 Å². The molecule has 28 heavy (non-hydrogen) atoms. The van der Waals surface area contributed by atoms with Gasteiger partial charge < -0.3 is 10.1 Å². The zero-order valence-corrected chi connectivity index (χ0v) is 16.8. The fraction of sp³-hybridized carbons (Fsp3) is 0.130. The second-order valence-electron chi connectivity index (χ2n) is 6.82. The SMILES string of the molecule is COc1ccc2cc(/C=C3\NC(=S)N(c4cccc(C)c4C)C3=O)ccc2c1. The number of benzene rings is 3. The molecule has 0 unspecified atom stereocenters. The minimum Gasteiger partial charge on any atom is -0.497 e. The Balaban J connectivity index is 1.69. The first-order chi connectivity index (χ1) is 13.5. The van der Waals surface area contributed by atoms with E-state index < -0.39 is 0 Å². The summed E-state index contributed by atoms with van der Waals surface area (Å²) in [6, 6.07) is 17.8. The van der Waals surface area contributed by atoms with Crippen LogP contribution < -0.4 is 15.0 Å². The molecule has 0 saturated carbocycles. The van der Waals surface area contributed by atoms with Gasteiger partial charge in [-0.25, -0.2) is 0 Å². The standard InChI is InChI=1S/C23H20N2O2S/c1-14-5-4-6-21(15(14)2)25-22(26)20(24-23(25)28)12-16-7-8-18-13-19(27-3)10-9-17(18)11-16/h4-13H,1-3H3,(H,24,28)/b20-12-. The number of nitrogens with one attached hydrogen (secondary N) is 1. The van der Waals surface area contributed by atoms with E-state index in [0.717, 1.165) is 38.9 Å². The van der Waals surface area contributed by atoms with Crippen LogP contribution in [0.3, 0.4) is 0 Å². The molecule has 4 nitrogen and oxygen atoms in total. The smallest absolute Gasteiger partial charge is 0.281 e. The largest absolute Gasteiger partial charge is 0.497 e. The first kappa shape index (κ1) is 18.2. The number of ether oxygens (including phenoxy) is 1. The average molecular weight is 388 g/mol. The second kappa shape index (κ2) is 7.09. The molecule has 3 aromatic carbocycles. The summed E-state index contributed by atoms with van der Waals surface area (Å²) in [6.45, 7) is 4.02. The maximum absolute atomic E-state index is 13.0. The lowest BCUT2D eigenvalue weighted by Crippen LogP contribution is -2.31. The van der Waals surface area contributed by atoms with Crippen LogP contribution in [0.1, 0.15) is 16.7 Å². The topological polar surface area (TPSA) is 41.6 Å². The van der Waals surface area contributed by atoms with Crippen molar-refractivity contribution in [1.82, 2.24) is 5.32 Å². The van der Waals surface area contributed by atoms with Crippen molar-refractivity contribution in [3.05, 3.63) is 77.0 Å². The minimum absolute atomic E-state index is 0.145. The van der Waals surface area contributed by atoms with Crippen LogP contribution in [-0.4, -0.2) is 18.1 Å². The molecule has 0 radical (unpaired) electrons. The third kappa shape index (κ3) is 3.14. The van der Waals surface area contributed by atoms with Gasteiger partial charge in [0.2, 0.25) is 0 Å². The Hall–Kier alpha value is -3.18. The molecule has 1 aliphatic heterocycles. The van der Waals surface area contributed by atoms with E-state index in [1.165, 1.54) is 0 Å². The van der Waals surface area contributed by atoms with Crippen molar-refractivity contribution >= 4 is 45.8 Å². The van der Waals surface area contributed by atoms with E-state index >= 15 is 0 Å². The van der Waals surface area contributed by atoms with E-state index in [0.29, 0.717) is 10.8 Å². The maximum atomic E-state index is 13.0. The number of methoxy groups -OCH3 is 1. The molecule has 0 aliphatic carbocycles. The molecule has 1 amide bonds. The molecule has 0 aromatic heterocycles. The lowest BCUT2D eigenvalue weighted by molar-refractivity contribution is -0.113. The third-order valence-corrected chi connectivity index (χ3v) is 5.36. The summed E-state index contributed by atoms with van der Waals surface area (Å²) in [5, 5.41) is 5.62. The van der Waals surface area contributed by atoms with Crippen molar-refractivity contribution in [2.45, 2.75) is 13.8 Å². The fourth-order valence-electron chi connectivity index (χ4n) is 3.36. The number of nitrogens with zero attached hydrogens (tertiary/aromatic N) is 1. The minimum atomic E-state index is -0.145. The molecular formula is C23H20N2O2S. The number of hydrogen-bond acceptors (Lipinski definition) is 3. The summed E-state index contributed by atoms with van der Waals surface area (Å²) in [6.07, 6.45) is 1.84. The monoisotopic (exact) mass is 388 g/mol. The molecule has 140 valence electrons. The molecule has 1 heterocycles. The summed E-state index contributed by atoms with van der Waals surface area (Å²) in [4.78, 5) is 14.6. The highest BCUT2D eigenvalue weighted by molar-refractivity contribution is 7.80.